The molecule has 10 heteroatoms. The van der Waals surface area contributed by atoms with Crippen LogP contribution < -0.4 is 4.74 Å². The molecule has 0 saturated carbocycles. The summed E-state index contributed by atoms with van der Waals surface area (Å²) in [7, 11) is 0. The molecule has 6 nitrogen and oxygen atoms in total. The molecule has 0 aliphatic rings. The highest BCUT2D eigenvalue weighted by molar-refractivity contribution is 6.31. The smallest absolute Gasteiger partial charge is 0.417 e. The maximum Gasteiger partial charge on any atom is 0.417 e. The fraction of sp³-hybridized carbons (Fsp3) is 0.400. The molecule has 0 saturated heterocycles. The van der Waals surface area contributed by atoms with E-state index in [1.165, 1.54) is 6.07 Å². The molecule has 0 spiro atoms. The molecule has 0 aromatic carbocycles. The van der Waals surface area contributed by atoms with Crippen molar-refractivity contribution in [2.75, 3.05) is 13.1 Å². The van der Waals surface area contributed by atoms with Crippen molar-refractivity contribution in [3.05, 3.63) is 34.6 Å². The summed E-state index contributed by atoms with van der Waals surface area (Å²) in [5.41, 5.74) is -0.474. The van der Waals surface area contributed by atoms with Crippen molar-refractivity contribution in [2.45, 2.75) is 26.9 Å². The van der Waals surface area contributed by atoms with Crippen LogP contribution in [0, 0.1) is 6.92 Å². The Labute approximate surface area is 147 Å². The van der Waals surface area contributed by atoms with Gasteiger partial charge < -0.3 is 9.64 Å². The zero-order valence-corrected chi connectivity index (χ0v) is 14.5. The predicted molar refractivity (Wildman–Crippen MR) is 85.0 cm³/mol. The molecule has 2 heterocycles. The molecule has 1 amide bonds. The largest absolute Gasteiger partial charge is 0.417 e. The van der Waals surface area contributed by atoms with E-state index in [0.29, 0.717) is 25.0 Å². The van der Waals surface area contributed by atoms with E-state index >= 15 is 0 Å². The molecular formula is C15H16ClF3N4O2. The number of amides is 1. The molecule has 0 aliphatic carbocycles. The van der Waals surface area contributed by atoms with Crippen LogP contribution in [0.25, 0.3) is 0 Å². The standard InChI is InChI=1S/C15H16ClF3N4O2/c1-4-22(5-2)14(24)23-9(3)6-12(21-23)25-13-11(16)7-10(8-20-13)15(17,18)19/h6-8H,4-5H2,1-3H3. The van der Waals surface area contributed by atoms with Crippen LogP contribution in [0.2, 0.25) is 5.02 Å². The number of pyridine rings is 1. The van der Waals surface area contributed by atoms with E-state index in [1.54, 1.807) is 11.8 Å². The molecule has 0 radical (unpaired) electrons. The first-order valence-electron chi connectivity index (χ1n) is 7.43. The zero-order valence-electron chi connectivity index (χ0n) is 13.8. The number of nitrogens with zero attached hydrogens (tertiary/aromatic N) is 4. The number of rotatable bonds is 4. The van der Waals surface area contributed by atoms with Crippen molar-refractivity contribution >= 4 is 17.6 Å². The minimum atomic E-state index is -4.55. The van der Waals surface area contributed by atoms with Gasteiger partial charge in [0.1, 0.15) is 5.02 Å². The summed E-state index contributed by atoms with van der Waals surface area (Å²) in [6, 6.07) is 1.86. The van der Waals surface area contributed by atoms with Crippen molar-refractivity contribution in [1.82, 2.24) is 19.7 Å². The Morgan fingerprint density at radius 3 is 2.48 bits per heavy atom. The Kier molecular flexibility index (Phi) is 5.56. The van der Waals surface area contributed by atoms with Gasteiger partial charge in [0.2, 0.25) is 11.8 Å². The number of halogens is 4. The highest BCUT2D eigenvalue weighted by Crippen LogP contribution is 2.34. The second-order valence-electron chi connectivity index (χ2n) is 5.10. The Balaban J connectivity index is 2.25. The molecule has 0 N–H and O–H groups in total. The third-order valence-electron chi connectivity index (χ3n) is 3.42. The zero-order chi connectivity index (χ0) is 18.8. The van der Waals surface area contributed by atoms with Gasteiger partial charge in [-0.2, -0.15) is 17.9 Å². The van der Waals surface area contributed by atoms with Gasteiger partial charge >= 0.3 is 12.2 Å². The van der Waals surface area contributed by atoms with Crippen molar-refractivity contribution in [2.24, 2.45) is 0 Å². The van der Waals surface area contributed by atoms with Crippen LogP contribution in [0.5, 0.6) is 11.8 Å². The lowest BCUT2D eigenvalue weighted by molar-refractivity contribution is -0.137. The summed E-state index contributed by atoms with van der Waals surface area (Å²) >= 11 is 5.79. The number of alkyl halides is 3. The third-order valence-corrected chi connectivity index (χ3v) is 3.69. The van der Waals surface area contributed by atoms with Gasteiger partial charge in [-0.15, -0.1) is 5.10 Å². The van der Waals surface area contributed by atoms with Crippen LogP contribution in [-0.2, 0) is 6.18 Å². The SMILES string of the molecule is CCN(CC)C(=O)n1nc(Oc2ncc(C(F)(F)F)cc2Cl)cc1C. The first kappa shape index (κ1) is 19.0. The number of aryl methyl sites for hydroxylation is 1. The van der Waals surface area contributed by atoms with Gasteiger partial charge in [-0.3, -0.25) is 0 Å². The van der Waals surface area contributed by atoms with Gasteiger partial charge in [-0.1, -0.05) is 11.6 Å². The average Bonchev–Trinajstić information content (AvgIpc) is 2.90. The average molecular weight is 377 g/mol. The monoisotopic (exact) mass is 376 g/mol. The summed E-state index contributed by atoms with van der Waals surface area (Å²) < 4.78 is 44.3. The molecule has 136 valence electrons. The van der Waals surface area contributed by atoms with Crippen molar-refractivity contribution in [1.29, 1.82) is 0 Å². The molecule has 0 aliphatic heterocycles. The molecule has 2 aromatic heterocycles. The topological polar surface area (TPSA) is 60.2 Å². The third kappa shape index (κ3) is 4.22. The van der Waals surface area contributed by atoms with E-state index in [2.05, 4.69) is 10.1 Å². The van der Waals surface area contributed by atoms with Gasteiger partial charge in [-0.05, 0) is 26.8 Å². The predicted octanol–water partition coefficient (Wildman–Crippen LogP) is 4.36. The van der Waals surface area contributed by atoms with Gasteiger partial charge in [-0.25, -0.2) is 9.78 Å². The van der Waals surface area contributed by atoms with Gasteiger partial charge in [0.05, 0.1) is 11.3 Å². The molecule has 25 heavy (non-hydrogen) atoms. The molecule has 2 aromatic rings. The van der Waals surface area contributed by atoms with Crippen LogP contribution in [-0.4, -0.2) is 38.8 Å². The Hall–Kier alpha value is -2.29. The van der Waals surface area contributed by atoms with E-state index in [0.717, 1.165) is 10.7 Å². The molecule has 0 atom stereocenters. The van der Waals surface area contributed by atoms with Crippen LogP contribution in [0.1, 0.15) is 25.1 Å². The molecule has 0 bridgehead atoms. The number of hydrogen-bond donors (Lipinski definition) is 0. The fourth-order valence-electron chi connectivity index (χ4n) is 2.07. The van der Waals surface area contributed by atoms with Crippen LogP contribution in [0.15, 0.2) is 18.3 Å². The minimum Gasteiger partial charge on any atom is -0.417 e. The summed E-state index contributed by atoms with van der Waals surface area (Å²) in [5, 5.41) is 3.71. The summed E-state index contributed by atoms with van der Waals surface area (Å²) in [6.07, 6.45) is -3.93. The lowest BCUT2D eigenvalue weighted by Gasteiger charge is -2.18. The molecule has 0 fully saturated rings. The molecule has 0 unspecified atom stereocenters. The van der Waals surface area contributed by atoms with Crippen molar-refractivity contribution < 1.29 is 22.7 Å². The Bertz CT molecular complexity index is 773. The number of carbonyl (C=O) groups is 1. The number of ether oxygens (including phenoxy) is 1. The Morgan fingerprint density at radius 1 is 1.32 bits per heavy atom. The first-order valence-corrected chi connectivity index (χ1v) is 7.81. The van der Waals surface area contributed by atoms with Gasteiger partial charge in [0, 0.05) is 25.4 Å². The van der Waals surface area contributed by atoms with Gasteiger partial charge in [0.25, 0.3) is 0 Å². The number of aromatic nitrogens is 3. The summed E-state index contributed by atoms with van der Waals surface area (Å²) in [4.78, 5) is 17.5. The number of carbonyl (C=O) groups excluding carboxylic acids is 1. The first-order chi connectivity index (χ1) is 11.7. The maximum atomic E-state index is 12.6. The lowest BCUT2D eigenvalue weighted by atomic mass is 10.3. The second-order valence-corrected chi connectivity index (χ2v) is 5.51. The molecular weight excluding hydrogens is 361 g/mol. The normalized spacial score (nSPS) is 11.5. The summed E-state index contributed by atoms with van der Waals surface area (Å²) in [6.45, 7) is 6.35. The lowest BCUT2D eigenvalue weighted by Crippen LogP contribution is -2.35. The fourth-order valence-corrected chi connectivity index (χ4v) is 2.28. The quantitative estimate of drug-likeness (QED) is 0.795. The van der Waals surface area contributed by atoms with E-state index in [-0.39, 0.29) is 22.8 Å². The van der Waals surface area contributed by atoms with Crippen LogP contribution in [0.3, 0.4) is 0 Å². The van der Waals surface area contributed by atoms with Crippen LogP contribution in [0.4, 0.5) is 18.0 Å². The van der Waals surface area contributed by atoms with Crippen LogP contribution >= 0.6 is 11.6 Å². The maximum absolute atomic E-state index is 12.6. The van der Waals surface area contributed by atoms with Gasteiger partial charge in [0.15, 0.2) is 0 Å². The highest BCUT2D eigenvalue weighted by Gasteiger charge is 2.32. The Morgan fingerprint density at radius 2 is 1.96 bits per heavy atom. The van der Waals surface area contributed by atoms with E-state index < -0.39 is 11.7 Å². The van der Waals surface area contributed by atoms with E-state index in [1.807, 2.05) is 13.8 Å². The molecule has 2 rings (SSSR count). The van der Waals surface area contributed by atoms with E-state index in [4.69, 9.17) is 16.3 Å². The second kappa shape index (κ2) is 7.30. The van der Waals surface area contributed by atoms with Crippen molar-refractivity contribution in [3.63, 3.8) is 0 Å². The highest BCUT2D eigenvalue weighted by atomic mass is 35.5. The minimum absolute atomic E-state index is 0.00663. The number of hydrogen-bond acceptors (Lipinski definition) is 4. The van der Waals surface area contributed by atoms with Crippen molar-refractivity contribution in [3.8, 4) is 11.8 Å². The van der Waals surface area contributed by atoms with E-state index in [9.17, 15) is 18.0 Å². The summed E-state index contributed by atoms with van der Waals surface area (Å²) in [5.74, 6) is -0.221.